The SMILES string of the molecule is C/C=C/CCc1ccc(-c2ccc(OCC)cc2)cc1. The van der Waals surface area contributed by atoms with Gasteiger partial charge in [0.25, 0.3) is 0 Å². The van der Waals surface area contributed by atoms with Gasteiger partial charge in [-0.25, -0.2) is 0 Å². The van der Waals surface area contributed by atoms with Crippen molar-refractivity contribution in [3.63, 3.8) is 0 Å². The molecule has 0 aliphatic rings. The van der Waals surface area contributed by atoms with Gasteiger partial charge < -0.3 is 4.74 Å². The van der Waals surface area contributed by atoms with E-state index in [0.29, 0.717) is 6.61 Å². The van der Waals surface area contributed by atoms with E-state index in [0.717, 1.165) is 18.6 Å². The minimum Gasteiger partial charge on any atom is -0.494 e. The second kappa shape index (κ2) is 7.54. The second-order valence-electron chi connectivity index (χ2n) is 4.76. The maximum Gasteiger partial charge on any atom is 0.119 e. The molecule has 0 heterocycles. The second-order valence-corrected chi connectivity index (χ2v) is 4.76. The number of benzene rings is 2. The van der Waals surface area contributed by atoms with Crippen molar-refractivity contribution in [2.24, 2.45) is 0 Å². The fraction of sp³-hybridized carbons (Fsp3) is 0.263. The van der Waals surface area contributed by atoms with E-state index in [9.17, 15) is 0 Å². The van der Waals surface area contributed by atoms with E-state index >= 15 is 0 Å². The first-order chi connectivity index (χ1) is 9.83. The predicted octanol–water partition coefficient (Wildman–Crippen LogP) is 5.26. The molecule has 2 rings (SSSR count). The molecule has 0 amide bonds. The third-order valence-electron chi connectivity index (χ3n) is 3.29. The predicted molar refractivity (Wildman–Crippen MR) is 86.2 cm³/mol. The van der Waals surface area contributed by atoms with Gasteiger partial charge in [-0.15, -0.1) is 0 Å². The van der Waals surface area contributed by atoms with Crippen molar-refractivity contribution in [1.29, 1.82) is 0 Å². The largest absolute Gasteiger partial charge is 0.494 e. The van der Waals surface area contributed by atoms with Crippen LogP contribution in [0.5, 0.6) is 5.75 Å². The first-order valence-corrected chi connectivity index (χ1v) is 7.27. The minimum atomic E-state index is 0.709. The topological polar surface area (TPSA) is 9.23 Å². The van der Waals surface area contributed by atoms with Crippen LogP contribution in [0.25, 0.3) is 11.1 Å². The summed E-state index contributed by atoms with van der Waals surface area (Å²) in [5.41, 5.74) is 3.87. The Bertz CT molecular complexity index is 535. The molecule has 1 nitrogen and oxygen atoms in total. The lowest BCUT2D eigenvalue weighted by Gasteiger charge is -2.06. The van der Waals surface area contributed by atoms with E-state index in [1.165, 1.54) is 16.7 Å². The van der Waals surface area contributed by atoms with Crippen LogP contribution in [0.15, 0.2) is 60.7 Å². The third kappa shape index (κ3) is 3.99. The summed E-state index contributed by atoms with van der Waals surface area (Å²) in [6.45, 7) is 4.77. The number of rotatable bonds is 6. The normalized spacial score (nSPS) is 10.9. The van der Waals surface area contributed by atoms with E-state index in [2.05, 4.69) is 55.5 Å². The van der Waals surface area contributed by atoms with Gasteiger partial charge in [0.2, 0.25) is 0 Å². The standard InChI is InChI=1S/C19H22O/c1-3-5-6-7-16-8-10-17(11-9-16)18-12-14-19(15-13-18)20-4-2/h3,5,8-15H,4,6-7H2,1-2H3/b5-3+. The van der Waals surface area contributed by atoms with Gasteiger partial charge in [0.05, 0.1) is 6.61 Å². The Labute approximate surface area is 121 Å². The van der Waals surface area contributed by atoms with E-state index in [1.807, 2.05) is 19.1 Å². The Morgan fingerprint density at radius 1 is 0.900 bits per heavy atom. The highest BCUT2D eigenvalue weighted by atomic mass is 16.5. The molecule has 0 N–H and O–H groups in total. The van der Waals surface area contributed by atoms with Crippen LogP contribution in [-0.4, -0.2) is 6.61 Å². The molecule has 0 bridgehead atoms. The zero-order valence-corrected chi connectivity index (χ0v) is 12.3. The highest BCUT2D eigenvalue weighted by Gasteiger charge is 1.99. The van der Waals surface area contributed by atoms with E-state index < -0.39 is 0 Å². The van der Waals surface area contributed by atoms with Crippen molar-refractivity contribution in [1.82, 2.24) is 0 Å². The van der Waals surface area contributed by atoms with Crippen molar-refractivity contribution in [2.75, 3.05) is 6.61 Å². The van der Waals surface area contributed by atoms with Crippen molar-refractivity contribution < 1.29 is 4.74 Å². The molecule has 104 valence electrons. The molecule has 0 saturated heterocycles. The van der Waals surface area contributed by atoms with Crippen LogP contribution in [0, 0.1) is 0 Å². The first kappa shape index (κ1) is 14.4. The number of ether oxygens (including phenoxy) is 1. The monoisotopic (exact) mass is 266 g/mol. The molecule has 0 unspecified atom stereocenters. The Kier molecular flexibility index (Phi) is 5.43. The molecule has 0 fully saturated rings. The molecule has 2 aromatic rings. The molecule has 0 radical (unpaired) electrons. The highest BCUT2D eigenvalue weighted by molar-refractivity contribution is 5.64. The van der Waals surface area contributed by atoms with Crippen molar-refractivity contribution in [2.45, 2.75) is 26.7 Å². The molecule has 0 aliphatic carbocycles. The van der Waals surface area contributed by atoms with Crippen molar-refractivity contribution in [3.8, 4) is 16.9 Å². The van der Waals surface area contributed by atoms with Crippen LogP contribution in [0.4, 0.5) is 0 Å². The molecule has 2 aromatic carbocycles. The Balaban J connectivity index is 2.05. The van der Waals surface area contributed by atoms with Crippen LogP contribution in [-0.2, 0) is 6.42 Å². The summed E-state index contributed by atoms with van der Waals surface area (Å²) in [4.78, 5) is 0. The van der Waals surface area contributed by atoms with E-state index in [1.54, 1.807) is 0 Å². The van der Waals surface area contributed by atoms with Crippen LogP contribution in [0.1, 0.15) is 25.8 Å². The number of allylic oxidation sites excluding steroid dienone is 2. The summed E-state index contributed by atoms with van der Waals surface area (Å²) in [6.07, 6.45) is 6.53. The van der Waals surface area contributed by atoms with Crippen molar-refractivity contribution >= 4 is 0 Å². The van der Waals surface area contributed by atoms with E-state index in [-0.39, 0.29) is 0 Å². The Morgan fingerprint density at radius 3 is 2.05 bits per heavy atom. The molecule has 0 saturated carbocycles. The van der Waals surface area contributed by atoms with Gasteiger partial charge in [0, 0.05) is 0 Å². The summed E-state index contributed by atoms with van der Waals surface area (Å²) in [7, 11) is 0. The average Bonchev–Trinajstić information content (AvgIpc) is 2.49. The van der Waals surface area contributed by atoms with Gasteiger partial charge in [-0.3, -0.25) is 0 Å². The molecule has 0 aromatic heterocycles. The molecule has 1 heteroatoms. The average molecular weight is 266 g/mol. The molecule has 20 heavy (non-hydrogen) atoms. The lowest BCUT2D eigenvalue weighted by atomic mass is 10.0. The van der Waals surface area contributed by atoms with Crippen LogP contribution < -0.4 is 4.74 Å². The first-order valence-electron chi connectivity index (χ1n) is 7.27. The summed E-state index contributed by atoms with van der Waals surface area (Å²) >= 11 is 0. The lowest BCUT2D eigenvalue weighted by Crippen LogP contribution is -1.90. The fourth-order valence-electron chi connectivity index (χ4n) is 2.19. The van der Waals surface area contributed by atoms with Crippen LogP contribution in [0.2, 0.25) is 0 Å². The molecule has 0 atom stereocenters. The lowest BCUT2D eigenvalue weighted by molar-refractivity contribution is 0.340. The van der Waals surface area contributed by atoms with Crippen LogP contribution in [0.3, 0.4) is 0 Å². The third-order valence-corrected chi connectivity index (χ3v) is 3.29. The summed E-state index contributed by atoms with van der Waals surface area (Å²) in [6, 6.07) is 17.1. The van der Waals surface area contributed by atoms with Crippen LogP contribution >= 0.6 is 0 Å². The molecular weight excluding hydrogens is 244 g/mol. The zero-order chi connectivity index (χ0) is 14.2. The quantitative estimate of drug-likeness (QED) is 0.648. The van der Waals surface area contributed by atoms with Gasteiger partial charge in [-0.1, -0.05) is 48.6 Å². The van der Waals surface area contributed by atoms with Gasteiger partial charge >= 0.3 is 0 Å². The maximum absolute atomic E-state index is 5.46. The zero-order valence-electron chi connectivity index (χ0n) is 12.3. The van der Waals surface area contributed by atoms with Gasteiger partial charge in [-0.05, 0) is 55.5 Å². The summed E-state index contributed by atoms with van der Waals surface area (Å²) in [5, 5.41) is 0. The van der Waals surface area contributed by atoms with Gasteiger partial charge in [0.1, 0.15) is 5.75 Å². The number of hydrogen-bond donors (Lipinski definition) is 0. The minimum absolute atomic E-state index is 0.709. The van der Waals surface area contributed by atoms with E-state index in [4.69, 9.17) is 4.74 Å². The molecular formula is C19H22O. The number of aryl methyl sites for hydroxylation is 1. The van der Waals surface area contributed by atoms with Gasteiger partial charge in [-0.2, -0.15) is 0 Å². The molecule has 0 aliphatic heterocycles. The summed E-state index contributed by atoms with van der Waals surface area (Å²) in [5.74, 6) is 0.930. The Hall–Kier alpha value is -2.02. The van der Waals surface area contributed by atoms with Crippen molar-refractivity contribution in [3.05, 3.63) is 66.2 Å². The highest BCUT2D eigenvalue weighted by Crippen LogP contribution is 2.23. The maximum atomic E-state index is 5.46. The fourth-order valence-corrected chi connectivity index (χ4v) is 2.19. The number of hydrogen-bond acceptors (Lipinski definition) is 1. The molecule has 0 spiro atoms. The summed E-state index contributed by atoms with van der Waals surface area (Å²) < 4.78 is 5.46. The Morgan fingerprint density at radius 2 is 1.50 bits per heavy atom. The van der Waals surface area contributed by atoms with Gasteiger partial charge in [0.15, 0.2) is 0 Å². The smallest absolute Gasteiger partial charge is 0.119 e.